The van der Waals surface area contributed by atoms with Crippen molar-refractivity contribution in [1.82, 2.24) is 9.21 Å². The zero-order valence-corrected chi connectivity index (χ0v) is 16.4. The monoisotopic (exact) mass is 388 g/mol. The quantitative estimate of drug-likeness (QED) is 0.788. The van der Waals surface area contributed by atoms with Gasteiger partial charge in [-0.25, -0.2) is 8.42 Å². The molecule has 1 fully saturated rings. The van der Waals surface area contributed by atoms with Crippen molar-refractivity contribution in [2.75, 3.05) is 32.8 Å². The van der Waals surface area contributed by atoms with E-state index in [1.165, 1.54) is 4.31 Å². The van der Waals surface area contributed by atoms with Crippen molar-refractivity contribution in [3.63, 3.8) is 0 Å². The predicted octanol–water partition coefficient (Wildman–Crippen LogP) is 2.22. The van der Waals surface area contributed by atoms with Crippen molar-refractivity contribution in [3.05, 3.63) is 59.7 Å². The molecule has 0 radical (unpaired) electrons. The summed E-state index contributed by atoms with van der Waals surface area (Å²) >= 11 is 0. The molecule has 1 saturated heterocycles. The van der Waals surface area contributed by atoms with Crippen molar-refractivity contribution >= 4 is 15.9 Å². The topological polar surface area (TPSA) is 66.9 Å². The van der Waals surface area contributed by atoms with Crippen molar-refractivity contribution < 1.29 is 17.9 Å². The van der Waals surface area contributed by atoms with Crippen molar-refractivity contribution in [1.29, 1.82) is 0 Å². The third-order valence-electron chi connectivity index (χ3n) is 4.66. The Morgan fingerprint density at radius 3 is 2.33 bits per heavy atom. The standard InChI is InChI=1S/C20H24N2O4S/c1-16-8-9-17(2)19(14-16)27(24,25)22-12-10-21(11-13-22)20(23)15-26-18-6-4-3-5-7-18/h3-9,14H,10-13,15H2,1-2H3. The van der Waals surface area contributed by atoms with Crippen LogP contribution in [0.2, 0.25) is 0 Å². The van der Waals surface area contributed by atoms with Crippen LogP contribution < -0.4 is 4.74 Å². The van der Waals surface area contributed by atoms with Crippen LogP contribution >= 0.6 is 0 Å². The summed E-state index contributed by atoms with van der Waals surface area (Å²) in [7, 11) is -3.56. The third-order valence-corrected chi connectivity index (χ3v) is 6.70. The van der Waals surface area contributed by atoms with Crippen LogP contribution in [0.25, 0.3) is 0 Å². The Labute approximate surface area is 160 Å². The molecule has 2 aromatic carbocycles. The predicted molar refractivity (Wildman–Crippen MR) is 103 cm³/mol. The molecule has 1 aliphatic heterocycles. The molecule has 0 saturated carbocycles. The number of piperazine rings is 1. The van der Waals surface area contributed by atoms with Gasteiger partial charge in [-0.2, -0.15) is 4.31 Å². The summed E-state index contributed by atoms with van der Waals surface area (Å²) in [5.74, 6) is 0.504. The molecule has 0 unspecified atom stereocenters. The molecule has 1 aliphatic rings. The van der Waals surface area contributed by atoms with Crippen LogP contribution in [-0.2, 0) is 14.8 Å². The Hall–Kier alpha value is -2.38. The molecular weight excluding hydrogens is 364 g/mol. The number of hydrogen-bond acceptors (Lipinski definition) is 4. The van der Waals surface area contributed by atoms with Crippen molar-refractivity contribution in [2.45, 2.75) is 18.7 Å². The minimum atomic E-state index is -3.56. The molecule has 0 N–H and O–H groups in total. The lowest BCUT2D eigenvalue weighted by Crippen LogP contribution is -2.51. The maximum Gasteiger partial charge on any atom is 0.260 e. The van der Waals surface area contributed by atoms with Gasteiger partial charge in [0.15, 0.2) is 6.61 Å². The van der Waals surface area contributed by atoms with E-state index >= 15 is 0 Å². The molecule has 0 atom stereocenters. The molecule has 27 heavy (non-hydrogen) atoms. The fraction of sp³-hybridized carbons (Fsp3) is 0.350. The summed E-state index contributed by atoms with van der Waals surface area (Å²) < 4.78 is 32.8. The first-order valence-corrected chi connectivity index (χ1v) is 10.3. The average molecular weight is 388 g/mol. The Kier molecular flexibility index (Phi) is 5.82. The molecule has 0 spiro atoms. The minimum Gasteiger partial charge on any atom is -0.484 e. The first-order chi connectivity index (χ1) is 12.9. The largest absolute Gasteiger partial charge is 0.484 e. The number of nitrogens with zero attached hydrogens (tertiary/aromatic N) is 2. The summed E-state index contributed by atoms with van der Waals surface area (Å²) in [6, 6.07) is 14.6. The molecule has 6 nitrogen and oxygen atoms in total. The molecular formula is C20H24N2O4S. The summed E-state index contributed by atoms with van der Waals surface area (Å²) in [5.41, 5.74) is 1.64. The molecule has 2 aromatic rings. The van der Waals surface area contributed by atoms with E-state index in [2.05, 4.69) is 0 Å². The molecule has 0 aromatic heterocycles. The van der Waals surface area contributed by atoms with Gasteiger partial charge in [-0.05, 0) is 43.2 Å². The minimum absolute atomic E-state index is 0.0479. The number of para-hydroxylation sites is 1. The van der Waals surface area contributed by atoms with E-state index < -0.39 is 10.0 Å². The van der Waals surface area contributed by atoms with Gasteiger partial charge in [0.1, 0.15) is 5.75 Å². The van der Waals surface area contributed by atoms with E-state index in [0.29, 0.717) is 23.7 Å². The number of aryl methyl sites for hydroxylation is 2. The zero-order chi connectivity index (χ0) is 19.4. The molecule has 1 amide bonds. The van der Waals surface area contributed by atoms with Crippen LogP contribution in [0.5, 0.6) is 5.75 Å². The zero-order valence-electron chi connectivity index (χ0n) is 15.6. The SMILES string of the molecule is Cc1ccc(C)c(S(=O)(=O)N2CCN(C(=O)COc3ccccc3)CC2)c1. The number of rotatable bonds is 5. The van der Waals surface area contributed by atoms with Crippen LogP contribution in [0.3, 0.4) is 0 Å². The van der Waals surface area contributed by atoms with Crippen LogP contribution in [0.1, 0.15) is 11.1 Å². The number of benzene rings is 2. The highest BCUT2D eigenvalue weighted by Gasteiger charge is 2.31. The van der Waals surface area contributed by atoms with Gasteiger partial charge in [-0.15, -0.1) is 0 Å². The van der Waals surface area contributed by atoms with E-state index in [9.17, 15) is 13.2 Å². The highest BCUT2D eigenvalue weighted by Crippen LogP contribution is 2.22. The summed E-state index contributed by atoms with van der Waals surface area (Å²) in [5, 5.41) is 0. The maximum absolute atomic E-state index is 12.9. The number of hydrogen-bond donors (Lipinski definition) is 0. The Morgan fingerprint density at radius 2 is 1.67 bits per heavy atom. The van der Waals surface area contributed by atoms with E-state index in [4.69, 9.17) is 4.74 Å². The highest BCUT2D eigenvalue weighted by molar-refractivity contribution is 7.89. The van der Waals surface area contributed by atoms with Gasteiger partial charge in [0.05, 0.1) is 4.90 Å². The highest BCUT2D eigenvalue weighted by atomic mass is 32.2. The van der Waals surface area contributed by atoms with E-state index in [-0.39, 0.29) is 25.6 Å². The molecule has 7 heteroatoms. The second-order valence-corrected chi connectivity index (χ2v) is 8.56. The van der Waals surface area contributed by atoms with Gasteiger partial charge >= 0.3 is 0 Å². The van der Waals surface area contributed by atoms with E-state index in [1.54, 1.807) is 30.0 Å². The molecule has 1 heterocycles. The Bertz CT molecular complexity index is 905. The van der Waals surface area contributed by atoms with Crippen molar-refractivity contribution in [2.24, 2.45) is 0 Å². The molecule has 3 rings (SSSR count). The summed E-state index contributed by atoms with van der Waals surface area (Å²) in [6.07, 6.45) is 0. The molecule has 144 valence electrons. The maximum atomic E-state index is 12.9. The number of sulfonamides is 1. The fourth-order valence-corrected chi connectivity index (χ4v) is 4.79. The Morgan fingerprint density at radius 1 is 1.00 bits per heavy atom. The fourth-order valence-electron chi connectivity index (χ4n) is 3.06. The van der Waals surface area contributed by atoms with Gasteiger partial charge in [0, 0.05) is 26.2 Å². The molecule has 0 aliphatic carbocycles. The van der Waals surface area contributed by atoms with Gasteiger partial charge in [-0.3, -0.25) is 4.79 Å². The number of amides is 1. The van der Waals surface area contributed by atoms with Gasteiger partial charge in [0.2, 0.25) is 10.0 Å². The first-order valence-electron chi connectivity index (χ1n) is 8.91. The number of ether oxygens (including phenoxy) is 1. The second kappa shape index (κ2) is 8.10. The van der Waals surface area contributed by atoms with Crippen molar-refractivity contribution in [3.8, 4) is 5.75 Å². The smallest absolute Gasteiger partial charge is 0.260 e. The number of carbonyl (C=O) groups excluding carboxylic acids is 1. The molecule has 0 bridgehead atoms. The lowest BCUT2D eigenvalue weighted by Gasteiger charge is -2.34. The summed E-state index contributed by atoms with van der Waals surface area (Å²) in [4.78, 5) is 14.3. The van der Waals surface area contributed by atoms with Crippen LogP contribution in [0.4, 0.5) is 0 Å². The van der Waals surface area contributed by atoms with Crippen LogP contribution in [0.15, 0.2) is 53.4 Å². The third kappa shape index (κ3) is 4.48. The Balaban J connectivity index is 1.59. The van der Waals surface area contributed by atoms with Crippen LogP contribution in [-0.4, -0.2) is 56.3 Å². The lowest BCUT2D eigenvalue weighted by atomic mass is 10.2. The number of carbonyl (C=O) groups is 1. The first kappa shape index (κ1) is 19.4. The second-order valence-electron chi connectivity index (χ2n) is 6.66. The van der Waals surface area contributed by atoms with E-state index in [1.807, 2.05) is 37.3 Å². The lowest BCUT2D eigenvalue weighted by molar-refractivity contribution is -0.134. The van der Waals surface area contributed by atoms with Gasteiger partial charge in [-0.1, -0.05) is 30.3 Å². The summed E-state index contributed by atoms with van der Waals surface area (Å²) in [6.45, 7) is 4.92. The normalized spacial score (nSPS) is 15.6. The average Bonchev–Trinajstić information content (AvgIpc) is 2.68. The van der Waals surface area contributed by atoms with Gasteiger partial charge < -0.3 is 9.64 Å². The van der Waals surface area contributed by atoms with Gasteiger partial charge in [0.25, 0.3) is 5.91 Å². The van der Waals surface area contributed by atoms with E-state index in [0.717, 1.165) is 11.1 Å². The van der Waals surface area contributed by atoms with Crippen LogP contribution in [0, 0.1) is 13.8 Å².